The molecular weight excluding hydrogens is 344 g/mol. The van der Waals surface area contributed by atoms with Gasteiger partial charge in [0.2, 0.25) is 5.91 Å². The Bertz CT molecular complexity index is 635. The van der Waals surface area contributed by atoms with Gasteiger partial charge in [0.05, 0.1) is 12.6 Å². The van der Waals surface area contributed by atoms with Crippen molar-refractivity contribution < 1.29 is 14.7 Å². The number of hydrogen-bond acceptors (Lipinski definition) is 5. The zero-order valence-electron chi connectivity index (χ0n) is 16.0. The molecule has 27 heavy (non-hydrogen) atoms. The van der Waals surface area contributed by atoms with Crippen molar-refractivity contribution in [2.75, 3.05) is 50.7 Å². The van der Waals surface area contributed by atoms with E-state index in [1.807, 2.05) is 11.8 Å². The highest BCUT2D eigenvalue weighted by molar-refractivity contribution is 5.79. The Morgan fingerprint density at radius 1 is 1.15 bits per heavy atom. The van der Waals surface area contributed by atoms with E-state index >= 15 is 0 Å². The zero-order chi connectivity index (χ0) is 19.2. The maximum Gasteiger partial charge on any atom is 0.317 e. The van der Waals surface area contributed by atoms with E-state index in [0.717, 1.165) is 31.7 Å². The number of carbonyl (C=O) groups excluding carboxylic acids is 1. The molecule has 2 fully saturated rings. The van der Waals surface area contributed by atoms with Crippen molar-refractivity contribution in [3.63, 3.8) is 0 Å². The molecule has 7 nitrogen and oxygen atoms in total. The van der Waals surface area contributed by atoms with Crippen molar-refractivity contribution in [2.45, 2.75) is 25.8 Å². The Kier molecular flexibility index (Phi) is 6.68. The van der Waals surface area contributed by atoms with Gasteiger partial charge >= 0.3 is 5.97 Å². The highest BCUT2D eigenvalue weighted by atomic mass is 16.4. The van der Waals surface area contributed by atoms with Crippen molar-refractivity contribution in [1.82, 2.24) is 15.5 Å². The number of aliphatic carboxylic acids is 1. The quantitative estimate of drug-likeness (QED) is 0.691. The summed E-state index contributed by atoms with van der Waals surface area (Å²) in [7, 11) is 0. The first-order valence-electron chi connectivity index (χ1n) is 9.83. The fraction of sp³-hybridized carbons (Fsp3) is 0.600. The van der Waals surface area contributed by atoms with E-state index in [-0.39, 0.29) is 24.4 Å². The van der Waals surface area contributed by atoms with Crippen LogP contribution < -0.4 is 15.5 Å². The number of nitrogens with zero attached hydrogens (tertiary/aromatic N) is 2. The molecule has 3 rings (SSSR count). The second-order valence-corrected chi connectivity index (χ2v) is 7.50. The van der Waals surface area contributed by atoms with Crippen LogP contribution in [0.2, 0.25) is 0 Å². The third kappa shape index (κ3) is 5.43. The van der Waals surface area contributed by atoms with Crippen LogP contribution in [-0.4, -0.2) is 67.7 Å². The Hall–Kier alpha value is -2.12. The lowest BCUT2D eigenvalue weighted by Crippen LogP contribution is -2.43. The molecular formula is C20H30N4O3. The third-order valence-electron chi connectivity index (χ3n) is 5.55. The van der Waals surface area contributed by atoms with Gasteiger partial charge in [-0.1, -0.05) is 12.1 Å². The number of carboxylic acid groups (broad SMARTS) is 1. The molecule has 2 aliphatic heterocycles. The number of likely N-dealkylation sites (tertiary alicyclic amines) is 1. The van der Waals surface area contributed by atoms with E-state index in [1.165, 1.54) is 5.69 Å². The Balaban J connectivity index is 1.49. The van der Waals surface area contributed by atoms with Gasteiger partial charge in [-0.3, -0.25) is 14.5 Å². The molecule has 0 radical (unpaired) electrons. The summed E-state index contributed by atoms with van der Waals surface area (Å²) in [6, 6.07) is 8.42. The van der Waals surface area contributed by atoms with Crippen molar-refractivity contribution in [1.29, 1.82) is 0 Å². The molecule has 148 valence electrons. The number of carbonyl (C=O) groups is 2. The molecule has 0 aliphatic carbocycles. The number of carboxylic acids is 1. The topological polar surface area (TPSA) is 84.9 Å². The summed E-state index contributed by atoms with van der Waals surface area (Å²) >= 11 is 0. The molecule has 2 heterocycles. The second-order valence-electron chi connectivity index (χ2n) is 7.50. The molecule has 1 unspecified atom stereocenters. The van der Waals surface area contributed by atoms with E-state index < -0.39 is 5.97 Å². The van der Waals surface area contributed by atoms with Crippen molar-refractivity contribution in [3.8, 4) is 0 Å². The van der Waals surface area contributed by atoms with Crippen LogP contribution in [0.5, 0.6) is 0 Å². The normalized spacial score (nSPS) is 20.3. The number of anilines is 1. The second kappa shape index (κ2) is 9.19. The van der Waals surface area contributed by atoms with E-state index in [1.54, 1.807) is 0 Å². The van der Waals surface area contributed by atoms with Crippen LogP contribution >= 0.6 is 0 Å². The summed E-state index contributed by atoms with van der Waals surface area (Å²) in [4.78, 5) is 27.6. The van der Waals surface area contributed by atoms with Crippen LogP contribution in [0.25, 0.3) is 0 Å². The fourth-order valence-electron chi connectivity index (χ4n) is 3.86. The first-order valence-corrected chi connectivity index (χ1v) is 9.83. The summed E-state index contributed by atoms with van der Waals surface area (Å²) < 4.78 is 0. The summed E-state index contributed by atoms with van der Waals surface area (Å²) in [6.45, 7) is 7.47. The van der Waals surface area contributed by atoms with Crippen molar-refractivity contribution in [3.05, 3.63) is 29.8 Å². The first-order chi connectivity index (χ1) is 13.0. The molecule has 7 heteroatoms. The van der Waals surface area contributed by atoms with Crippen LogP contribution in [0.4, 0.5) is 5.69 Å². The maximum absolute atomic E-state index is 12.6. The zero-order valence-corrected chi connectivity index (χ0v) is 16.0. The summed E-state index contributed by atoms with van der Waals surface area (Å²) in [5, 5.41) is 15.3. The predicted molar refractivity (Wildman–Crippen MR) is 105 cm³/mol. The summed E-state index contributed by atoms with van der Waals surface area (Å²) in [6.07, 6.45) is 1.43. The van der Waals surface area contributed by atoms with Gasteiger partial charge in [-0.25, -0.2) is 0 Å². The highest BCUT2D eigenvalue weighted by Crippen LogP contribution is 2.22. The predicted octanol–water partition coefficient (Wildman–Crippen LogP) is 1.07. The number of piperazine rings is 1. The van der Waals surface area contributed by atoms with Gasteiger partial charge in [0.15, 0.2) is 0 Å². The molecule has 1 atom stereocenters. The number of piperidine rings is 1. The Morgan fingerprint density at radius 3 is 2.37 bits per heavy atom. The van der Waals surface area contributed by atoms with E-state index in [9.17, 15) is 9.59 Å². The van der Waals surface area contributed by atoms with Crippen LogP contribution in [-0.2, 0) is 9.59 Å². The molecule has 3 N–H and O–H groups in total. The smallest absolute Gasteiger partial charge is 0.317 e. The van der Waals surface area contributed by atoms with Gasteiger partial charge < -0.3 is 20.6 Å². The average Bonchev–Trinajstić information content (AvgIpc) is 2.69. The third-order valence-corrected chi connectivity index (χ3v) is 5.55. The molecule has 2 aliphatic rings. The minimum absolute atomic E-state index is 0.0300. The van der Waals surface area contributed by atoms with Crippen LogP contribution in [0.1, 0.15) is 31.4 Å². The van der Waals surface area contributed by atoms with Gasteiger partial charge in [0.25, 0.3) is 0 Å². The molecule has 2 saturated heterocycles. The number of benzene rings is 1. The molecule has 0 aromatic heterocycles. The SMILES string of the molecule is CC(NC(=O)C1CCN(CC(=O)O)CC1)c1ccc(N2CCNCC2)cc1. The van der Waals surface area contributed by atoms with Crippen molar-refractivity contribution in [2.24, 2.45) is 5.92 Å². The monoisotopic (exact) mass is 374 g/mol. The average molecular weight is 374 g/mol. The van der Waals surface area contributed by atoms with Gasteiger partial charge in [-0.15, -0.1) is 0 Å². The van der Waals surface area contributed by atoms with Crippen LogP contribution in [0, 0.1) is 5.92 Å². The van der Waals surface area contributed by atoms with E-state index in [2.05, 4.69) is 39.8 Å². The molecule has 0 bridgehead atoms. The number of amides is 1. The van der Waals surface area contributed by atoms with E-state index in [0.29, 0.717) is 25.9 Å². The maximum atomic E-state index is 12.6. The van der Waals surface area contributed by atoms with Gasteiger partial charge in [0.1, 0.15) is 0 Å². The van der Waals surface area contributed by atoms with Gasteiger partial charge in [0, 0.05) is 37.8 Å². The fourth-order valence-corrected chi connectivity index (χ4v) is 3.86. The Morgan fingerprint density at radius 2 is 1.78 bits per heavy atom. The number of nitrogens with one attached hydrogen (secondary N) is 2. The van der Waals surface area contributed by atoms with Crippen molar-refractivity contribution >= 4 is 17.6 Å². The van der Waals surface area contributed by atoms with Crippen LogP contribution in [0.3, 0.4) is 0 Å². The first kappa shape index (κ1) is 19.6. The minimum atomic E-state index is -0.809. The summed E-state index contributed by atoms with van der Waals surface area (Å²) in [5.41, 5.74) is 2.33. The lowest BCUT2D eigenvalue weighted by Gasteiger charge is -2.31. The Labute approximate surface area is 160 Å². The molecule has 0 saturated carbocycles. The lowest BCUT2D eigenvalue weighted by atomic mass is 9.95. The van der Waals surface area contributed by atoms with Gasteiger partial charge in [-0.05, 0) is 50.6 Å². The number of hydrogen-bond donors (Lipinski definition) is 3. The minimum Gasteiger partial charge on any atom is -0.480 e. The van der Waals surface area contributed by atoms with Crippen LogP contribution in [0.15, 0.2) is 24.3 Å². The summed E-state index contributed by atoms with van der Waals surface area (Å²) in [5.74, 6) is -0.767. The molecule has 1 aromatic rings. The largest absolute Gasteiger partial charge is 0.480 e. The molecule has 1 aromatic carbocycles. The molecule has 0 spiro atoms. The highest BCUT2D eigenvalue weighted by Gasteiger charge is 2.26. The molecule has 1 amide bonds. The lowest BCUT2D eigenvalue weighted by molar-refractivity contribution is -0.138. The van der Waals surface area contributed by atoms with E-state index in [4.69, 9.17) is 5.11 Å². The van der Waals surface area contributed by atoms with Gasteiger partial charge in [-0.2, -0.15) is 0 Å². The standard InChI is InChI=1S/C20H30N4O3/c1-15(16-2-4-18(5-3-16)24-12-8-21-9-13-24)22-20(27)17-6-10-23(11-7-17)14-19(25)26/h2-5,15,17,21H,6-14H2,1H3,(H,22,27)(H,25,26). The number of rotatable bonds is 6.